The molecule has 0 aromatic rings. The van der Waals surface area contributed by atoms with Crippen LogP contribution in [0.15, 0.2) is 0 Å². The largest absolute Gasteiger partial charge is 0.460 e. The second-order valence-corrected chi connectivity index (χ2v) is 6.07. The highest BCUT2D eigenvalue weighted by molar-refractivity contribution is 5.72. The van der Waals surface area contributed by atoms with E-state index in [0.717, 1.165) is 0 Å². The van der Waals surface area contributed by atoms with Gasteiger partial charge < -0.3 is 10.1 Å². The molecular weight excluding hydrogens is 190 g/mol. The molecule has 0 radical (unpaired) electrons. The van der Waals surface area contributed by atoms with Crippen LogP contribution in [0.25, 0.3) is 0 Å². The van der Waals surface area contributed by atoms with Crippen molar-refractivity contribution in [2.45, 2.75) is 59.6 Å². The molecule has 0 aromatic carbocycles. The molecule has 0 aliphatic rings. The molecule has 0 amide bonds. The van der Waals surface area contributed by atoms with Crippen LogP contribution in [0.2, 0.25) is 0 Å². The zero-order valence-corrected chi connectivity index (χ0v) is 11.1. The number of carbonyl (C=O) groups is 1. The molecule has 0 aromatic heterocycles. The fourth-order valence-corrected chi connectivity index (χ4v) is 0.945. The molecule has 0 heterocycles. The molecule has 0 bridgehead atoms. The summed E-state index contributed by atoms with van der Waals surface area (Å²) in [6, 6.07) is 0. The van der Waals surface area contributed by atoms with Crippen molar-refractivity contribution in [3.63, 3.8) is 0 Å². The van der Waals surface area contributed by atoms with Crippen molar-refractivity contribution < 1.29 is 9.53 Å². The molecule has 0 aliphatic heterocycles. The molecule has 0 aliphatic carbocycles. The average Bonchev–Trinajstić information content (AvgIpc) is 1.95. The second kappa shape index (κ2) is 4.97. The molecule has 90 valence electrons. The number of rotatable bonds is 3. The van der Waals surface area contributed by atoms with Gasteiger partial charge in [-0.3, -0.25) is 4.79 Å². The Labute approximate surface area is 93.6 Å². The van der Waals surface area contributed by atoms with Gasteiger partial charge in [0, 0.05) is 12.1 Å². The smallest absolute Gasteiger partial charge is 0.310 e. The summed E-state index contributed by atoms with van der Waals surface area (Å²) in [4.78, 5) is 11.6. The monoisotopic (exact) mass is 215 g/mol. The Morgan fingerprint density at radius 2 is 1.67 bits per heavy atom. The summed E-state index contributed by atoms with van der Waals surface area (Å²) in [7, 11) is 0. The third kappa shape index (κ3) is 8.43. The Morgan fingerprint density at radius 1 is 1.20 bits per heavy atom. The molecule has 3 nitrogen and oxygen atoms in total. The summed E-state index contributed by atoms with van der Waals surface area (Å²) in [6.07, 6.45) is 0. The van der Waals surface area contributed by atoms with E-state index in [1.165, 1.54) is 0 Å². The quantitative estimate of drug-likeness (QED) is 0.734. The fourth-order valence-electron chi connectivity index (χ4n) is 0.945. The molecule has 0 saturated heterocycles. The van der Waals surface area contributed by atoms with Crippen molar-refractivity contribution in [3.8, 4) is 0 Å². The fraction of sp³-hybridized carbons (Fsp3) is 0.917. The second-order valence-electron chi connectivity index (χ2n) is 6.07. The van der Waals surface area contributed by atoms with E-state index in [1.807, 2.05) is 27.7 Å². The third-order valence-corrected chi connectivity index (χ3v) is 1.75. The molecule has 0 rings (SSSR count). The first-order chi connectivity index (χ1) is 6.51. The van der Waals surface area contributed by atoms with Gasteiger partial charge in [-0.25, -0.2) is 0 Å². The number of ether oxygens (including phenoxy) is 1. The number of nitrogens with one attached hydrogen (secondary N) is 1. The van der Waals surface area contributed by atoms with Crippen molar-refractivity contribution in [1.82, 2.24) is 5.32 Å². The Bertz CT molecular complexity index is 211. The van der Waals surface area contributed by atoms with Crippen LogP contribution in [0.1, 0.15) is 48.5 Å². The number of hydrogen-bond acceptors (Lipinski definition) is 3. The maximum Gasteiger partial charge on any atom is 0.310 e. The number of carbonyl (C=O) groups excluding carboxylic acids is 1. The van der Waals surface area contributed by atoms with Crippen LogP contribution >= 0.6 is 0 Å². The predicted octanol–water partition coefficient (Wildman–Crippen LogP) is 2.35. The van der Waals surface area contributed by atoms with E-state index >= 15 is 0 Å². The average molecular weight is 215 g/mol. The first kappa shape index (κ1) is 14.4. The van der Waals surface area contributed by atoms with Gasteiger partial charge in [-0.05, 0) is 41.5 Å². The Hall–Kier alpha value is -0.570. The first-order valence-electron chi connectivity index (χ1n) is 5.49. The summed E-state index contributed by atoms with van der Waals surface area (Å²) >= 11 is 0. The van der Waals surface area contributed by atoms with Crippen molar-refractivity contribution in [1.29, 1.82) is 0 Å². The minimum absolute atomic E-state index is 0.0380. The molecule has 1 N–H and O–H groups in total. The zero-order valence-electron chi connectivity index (χ0n) is 11.1. The molecular formula is C12H25NO2. The zero-order chi connectivity index (χ0) is 12.3. The molecule has 0 saturated carbocycles. The van der Waals surface area contributed by atoms with E-state index in [2.05, 4.69) is 26.1 Å². The highest BCUT2D eigenvalue weighted by Crippen LogP contribution is 2.11. The lowest BCUT2D eigenvalue weighted by molar-refractivity contribution is -0.159. The summed E-state index contributed by atoms with van der Waals surface area (Å²) in [5.74, 6) is -0.247. The highest BCUT2D eigenvalue weighted by atomic mass is 16.6. The summed E-state index contributed by atoms with van der Waals surface area (Å²) in [5.41, 5.74) is -0.358. The minimum Gasteiger partial charge on any atom is -0.460 e. The van der Waals surface area contributed by atoms with Crippen LogP contribution in [-0.4, -0.2) is 23.7 Å². The lowest BCUT2D eigenvalue weighted by Gasteiger charge is -2.25. The van der Waals surface area contributed by atoms with Gasteiger partial charge in [0.2, 0.25) is 0 Å². The van der Waals surface area contributed by atoms with Crippen molar-refractivity contribution in [2.24, 2.45) is 5.92 Å². The maximum absolute atomic E-state index is 11.6. The molecule has 1 atom stereocenters. The molecule has 15 heavy (non-hydrogen) atoms. The lowest BCUT2D eigenvalue weighted by atomic mass is 10.1. The normalized spacial score (nSPS) is 14.9. The highest BCUT2D eigenvalue weighted by Gasteiger charge is 2.22. The van der Waals surface area contributed by atoms with E-state index in [9.17, 15) is 4.79 Å². The first-order valence-corrected chi connectivity index (χ1v) is 5.49. The maximum atomic E-state index is 11.6. The van der Waals surface area contributed by atoms with Crippen LogP contribution in [-0.2, 0) is 9.53 Å². The molecule has 3 heteroatoms. The van der Waals surface area contributed by atoms with E-state index < -0.39 is 5.60 Å². The standard InChI is InChI=1S/C12H25NO2/c1-9(8-13-11(2,3)4)10(14)15-12(5,6)7/h9,13H,8H2,1-7H3. The Kier molecular flexibility index (Phi) is 4.78. The third-order valence-electron chi connectivity index (χ3n) is 1.75. The van der Waals surface area contributed by atoms with Crippen LogP contribution in [0.3, 0.4) is 0 Å². The molecule has 1 unspecified atom stereocenters. The van der Waals surface area contributed by atoms with Crippen molar-refractivity contribution in [3.05, 3.63) is 0 Å². The topological polar surface area (TPSA) is 38.3 Å². The van der Waals surface area contributed by atoms with Crippen LogP contribution in [0.5, 0.6) is 0 Å². The number of esters is 1. The van der Waals surface area contributed by atoms with E-state index in [4.69, 9.17) is 4.74 Å². The number of hydrogen-bond donors (Lipinski definition) is 1. The predicted molar refractivity (Wildman–Crippen MR) is 62.8 cm³/mol. The van der Waals surface area contributed by atoms with Gasteiger partial charge in [0.1, 0.15) is 5.60 Å². The SMILES string of the molecule is CC(CNC(C)(C)C)C(=O)OC(C)(C)C. The van der Waals surface area contributed by atoms with Crippen molar-refractivity contribution in [2.75, 3.05) is 6.54 Å². The van der Waals surface area contributed by atoms with Crippen LogP contribution in [0, 0.1) is 5.92 Å². The Balaban J connectivity index is 4.01. The van der Waals surface area contributed by atoms with Gasteiger partial charge >= 0.3 is 5.97 Å². The summed E-state index contributed by atoms with van der Waals surface area (Å²) in [5, 5.41) is 3.29. The van der Waals surface area contributed by atoms with E-state index in [1.54, 1.807) is 0 Å². The van der Waals surface area contributed by atoms with E-state index in [-0.39, 0.29) is 17.4 Å². The molecule has 0 spiro atoms. The van der Waals surface area contributed by atoms with Gasteiger partial charge in [-0.15, -0.1) is 0 Å². The van der Waals surface area contributed by atoms with Gasteiger partial charge in [0.05, 0.1) is 5.92 Å². The van der Waals surface area contributed by atoms with Gasteiger partial charge in [-0.1, -0.05) is 6.92 Å². The van der Waals surface area contributed by atoms with Crippen molar-refractivity contribution >= 4 is 5.97 Å². The van der Waals surface area contributed by atoms with Gasteiger partial charge in [0.25, 0.3) is 0 Å². The minimum atomic E-state index is -0.396. The van der Waals surface area contributed by atoms with Crippen LogP contribution in [0.4, 0.5) is 0 Å². The molecule has 0 fully saturated rings. The van der Waals surface area contributed by atoms with Crippen LogP contribution < -0.4 is 5.32 Å². The lowest BCUT2D eigenvalue weighted by Crippen LogP contribution is -2.41. The summed E-state index contributed by atoms with van der Waals surface area (Å²) in [6.45, 7) is 14.4. The van der Waals surface area contributed by atoms with Gasteiger partial charge in [-0.2, -0.15) is 0 Å². The van der Waals surface area contributed by atoms with Gasteiger partial charge in [0.15, 0.2) is 0 Å². The van der Waals surface area contributed by atoms with E-state index in [0.29, 0.717) is 6.54 Å². The Morgan fingerprint density at radius 3 is 2.00 bits per heavy atom. The summed E-state index contributed by atoms with van der Waals surface area (Å²) < 4.78 is 5.29.